The Bertz CT molecular complexity index is 624. The van der Waals surface area contributed by atoms with E-state index in [0.717, 1.165) is 49.7 Å². The van der Waals surface area contributed by atoms with Crippen molar-refractivity contribution in [2.24, 2.45) is 16.6 Å². The maximum absolute atomic E-state index is 11.6. The lowest BCUT2D eigenvalue weighted by Gasteiger charge is -2.33. The Labute approximate surface area is 186 Å². The highest BCUT2D eigenvalue weighted by Gasteiger charge is 2.25. The molecule has 2 rings (SSSR count). The van der Waals surface area contributed by atoms with Crippen molar-refractivity contribution in [2.75, 3.05) is 31.6 Å². The average Bonchev–Trinajstić information content (AvgIpc) is 2.70. The van der Waals surface area contributed by atoms with Crippen LogP contribution in [0.1, 0.15) is 51.0 Å². The third kappa shape index (κ3) is 7.81. The van der Waals surface area contributed by atoms with Crippen molar-refractivity contribution in [1.82, 2.24) is 15.6 Å². The van der Waals surface area contributed by atoms with Crippen LogP contribution in [0.2, 0.25) is 0 Å². The van der Waals surface area contributed by atoms with Crippen LogP contribution in [0.4, 0.5) is 5.82 Å². The molecule has 1 aliphatic heterocycles. The number of hydrogen-bond donors (Lipinski definition) is 3. The molecule has 1 aromatic heterocycles. The zero-order chi connectivity index (χ0) is 19.5. The Morgan fingerprint density at radius 1 is 1.36 bits per heavy atom. The molecule has 1 aromatic rings. The molecule has 0 aromatic carbocycles. The summed E-state index contributed by atoms with van der Waals surface area (Å²) >= 11 is 0. The van der Waals surface area contributed by atoms with Crippen LogP contribution in [-0.4, -0.2) is 43.5 Å². The van der Waals surface area contributed by atoms with Gasteiger partial charge in [-0.3, -0.25) is 9.79 Å². The first-order valence-electron chi connectivity index (χ1n) is 10.1. The number of halogens is 1. The van der Waals surface area contributed by atoms with Gasteiger partial charge in [-0.15, -0.1) is 24.0 Å². The predicted octanol–water partition coefficient (Wildman–Crippen LogP) is 2.65. The number of carbonyl (C=O) groups is 1. The van der Waals surface area contributed by atoms with Crippen molar-refractivity contribution in [2.45, 2.75) is 52.0 Å². The molecule has 0 bridgehead atoms. The van der Waals surface area contributed by atoms with Crippen molar-refractivity contribution in [3.05, 3.63) is 23.9 Å². The van der Waals surface area contributed by atoms with E-state index in [1.807, 2.05) is 6.07 Å². The number of anilines is 1. The number of nitrogens with zero attached hydrogens (tertiary/aromatic N) is 3. The molecule has 0 saturated carbocycles. The van der Waals surface area contributed by atoms with Crippen LogP contribution in [0.3, 0.4) is 0 Å². The number of hydrogen-bond acceptors (Lipinski definition) is 4. The second kappa shape index (κ2) is 13.6. The van der Waals surface area contributed by atoms with Crippen molar-refractivity contribution < 1.29 is 4.79 Å². The Hall–Kier alpha value is -1.58. The molecule has 158 valence electrons. The molecule has 1 amide bonds. The summed E-state index contributed by atoms with van der Waals surface area (Å²) in [6, 6.07) is 4.01. The molecule has 4 N–H and O–H groups in total. The van der Waals surface area contributed by atoms with E-state index in [1.165, 1.54) is 19.3 Å². The fourth-order valence-corrected chi connectivity index (χ4v) is 3.41. The highest BCUT2D eigenvalue weighted by Crippen LogP contribution is 2.24. The number of aromatic nitrogens is 1. The van der Waals surface area contributed by atoms with Crippen LogP contribution < -0.4 is 21.3 Å². The van der Waals surface area contributed by atoms with Gasteiger partial charge in [-0.25, -0.2) is 4.98 Å². The topological polar surface area (TPSA) is 95.6 Å². The number of pyridine rings is 1. The lowest BCUT2D eigenvalue weighted by molar-refractivity contribution is -0.122. The van der Waals surface area contributed by atoms with Gasteiger partial charge in [0.1, 0.15) is 5.82 Å². The molecule has 2 heterocycles. The lowest BCUT2D eigenvalue weighted by Crippen LogP contribution is -2.42. The van der Waals surface area contributed by atoms with Crippen molar-refractivity contribution in [1.29, 1.82) is 0 Å². The Morgan fingerprint density at radius 3 is 2.89 bits per heavy atom. The standard InChI is InChI=1S/C20H34N6O.HI/c1-3-4-5-6-11-24-20(22-2)25-14-16-9-7-12-23-19(16)26-13-8-10-17(15-26)18(21)27;/h7,9,12,17H,3-6,8,10-11,13-15H2,1-2H3,(H2,21,27)(H2,22,24,25);1H. The molecule has 1 atom stereocenters. The first-order valence-corrected chi connectivity index (χ1v) is 10.1. The number of piperidine rings is 1. The average molecular weight is 502 g/mol. The quantitative estimate of drug-likeness (QED) is 0.209. The largest absolute Gasteiger partial charge is 0.369 e. The number of amides is 1. The van der Waals surface area contributed by atoms with Gasteiger partial charge in [0.05, 0.1) is 5.92 Å². The number of unbranched alkanes of at least 4 members (excludes halogenated alkanes) is 3. The molecule has 28 heavy (non-hydrogen) atoms. The highest BCUT2D eigenvalue weighted by atomic mass is 127. The van der Waals surface area contributed by atoms with Crippen LogP contribution in [-0.2, 0) is 11.3 Å². The normalized spacial score (nSPS) is 17.0. The van der Waals surface area contributed by atoms with E-state index in [2.05, 4.69) is 38.5 Å². The number of guanidine groups is 1. The fraction of sp³-hybridized carbons (Fsp3) is 0.650. The van der Waals surface area contributed by atoms with Gasteiger partial charge in [0.15, 0.2) is 5.96 Å². The molecule has 0 spiro atoms. The third-order valence-electron chi connectivity index (χ3n) is 4.98. The van der Waals surface area contributed by atoms with E-state index in [1.54, 1.807) is 13.2 Å². The van der Waals surface area contributed by atoms with Gasteiger partial charge in [-0.1, -0.05) is 32.3 Å². The van der Waals surface area contributed by atoms with E-state index >= 15 is 0 Å². The molecule has 8 heteroatoms. The van der Waals surface area contributed by atoms with Crippen LogP contribution in [0.15, 0.2) is 23.3 Å². The number of primary amides is 1. The SMILES string of the molecule is CCCCCCNC(=NC)NCc1cccnc1N1CCCC(C(N)=O)C1.I. The minimum atomic E-state index is -0.219. The first kappa shape index (κ1) is 24.5. The maximum Gasteiger partial charge on any atom is 0.222 e. The molecule has 0 aliphatic carbocycles. The van der Waals surface area contributed by atoms with Crippen LogP contribution in [0.25, 0.3) is 0 Å². The number of carbonyl (C=O) groups excluding carboxylic acids is 1. The van der Waals surface area contributed by atoms with Gasteiger partial charge in [-0.2, -0.15) is 0 Å². The second-order valence-electron chi connectivity index (χ2n) is 7.09. The Morgan fingerprint density at radius 2 is 2.18 bits per heavy atom. The summed E-state index contributed by atoms with van der Waals surface area (Å²) in [6.07, 6.45) is 8.52. The minimum absolute atomic E-state index is 0. The monoisotopic (exact) mass is 502 g/mol. The van der Waals surface area contributed by atoms with E-state index in [4.69, 9.17) is 5.73 Å². The maximum atomic E-state index is 11.6. The van der Waals surface area contributed by atoms with Crippen molar-refractivity contribution in [3.8, 4) is 0 Å². The van der Waals surface area contributed by atoms with Crippen molar-refractivity contribution in [3.63, 3.8) is 0 Å². The summed E-state index contributed by atoms with van der Waals surface area (Å²) in [5.74, 6) is 1.41. The van der Waals surface area contributed by atoms with E-state index in [-0.39, 0.29) is 35.8 Å². The fourth-order valence-electron chi connectivity index (χ4n) is 3.41. The second-order valence-corrected chi connectivity index (χ2v) is 7.09. The summed E-state index contributed by atoms with van der Waals surface area (Å²) in [5, 5.41) is 6.73. The smallest absolute Gasteiger partial charge is 0.222 e. The Balaban J connectivity index is 0.00000392. The van der Waals surface area contributed by atoms with Gasteiger partial charge in [-0.05, 0) is 25.3 Å². The van der Waals surface area contributed by atoms with Crippen molar-refractivity contribution >= 4 is 41.7 Å². The lowest BCUT2D eigenvalue weighted by atomic mass is 9.97. The molecule has 1 unspecified atom stereocenters. The molecular weight excluding hydrogens is 467 g/mol. The summed E-state index contributed by atoms with van der Waals surface area (Å²) < 4.78 is 0. The van der Waals surface area contributed by atoms with Gasteiger partial charge >= 0.3 is 0 Å². The molecule has 1 saturated heterocycles. The summed E-state index contributed by atoms with van der Waals surface area (Å²) in [4.78, 5) is 22.6. The van der Waals surface area contributed by atoms with Gasteiger partial charge in [0.25, 0.3) is 0 Å². The number of aliphatic imine (C=N–C) groups is 1. The van der Waals surface area contributed by atoms with Gasteiger partial charge in [0.2, 0.25) is 5.91 Å². The van der Waals surface area contributed by atoms with Crippen LogP contribution in [0.5, 0.6) is 0 Å². The van der Waals surface area contributed by atoms with E-state index < -0.39 is 0 Å². The summed E-state index contributed by atoms with van der Waals surface area (Å²) in [7, 11) is 1.79. The summed E-state index contributed by atoms with van der Waals surface area (Å²) in [5.41, 5.74) is 6.61. The predicted molar refractivity (Wildman–Crippen MR) is 126 cm³/mol. The minimum Gasteiger partial charge on any atom is -0.369 e. The summed E-state index contributed by atoms with van der Waals surface area (Å²) in [6.45, 7) is 5.32. The molecular formula is C20H35IN6O. The third-order valence-corrected chi connectivity index (χ3v) is 4.98. The molecule has 0 radical (unpaired) electrons. The molecule has 7 nitrogen and oxygen atoms in total. The zero-order valence-corrected chi connectivity index (χ0v) is 19.4. The number of rotatable bonds is 9. The zero-order valence-electron chi connectivity index (χ0n) is 17.1. The molecule has 1 aliphatic rings. The number of nitrogens with one attached hydrogen (secondary N) is 2. The van der Waals surface area contributed by atoms with Gasteiger partial charge in [0, 0.05) is 45.0 Å². The Kier molecular flexibility index (Phi) is 11.9. The van der Waals surface area contributed by atoms with E-state index in [9.17, 15) is 4.79 Å². The highest BCUT2D eigenvalue weighted by molar-refractivity contribution is 14.0. The van der Waals surface area contributed by atoms with E-state index in [0.29, 0.717) is 13.1 Å². The first-order chi connectivity index (χ1) is 13.2. The molecule has 1 fully saturated rings. The van der Waals surface area contributed by atoms with Gasteiger partial charge < -0.3 is 21.3 Å². The van der Waals surface area contributed by atoms with Crippen LogP contribution in [0, 0.1) is 5.92 Å². The van der Waals surface area contributed by atoms with Crippen LogP contribution >= 0.6 is 24.0 Å². The number of nitrogens with two attached hydrogens (primary N) is 1.